The van der Waals surface area contributed by atoms with Crippen molar-refractivity contribution < 1.29 is 9.53 Å². The molecule has 2 N–H and O–H groups in total. The zero-order valence-electron chi connectivity index (χ0n) is 19.4. The first-order valence-electron chi connectivity index (χ1n) is 11.9. The SMILES string of the molecule is COc1c(C)cccc1C(=O)Nc1ccc(N2CCCNc3c2ccc2c3CCCC2)cc1. The van der Waals surface area contributed by atoms with Gasteiger partial charge in [0.2, 0.25) is 0 Å². The highest BCUT2D eigenvalue weighted by atomic mass is 16.5. The van der Waals surface area contributed by atoms with Crippen molar-refractivity contribution in [3.8, 4) is 5.75 Å². The second kappa shape index (κ2) is 9.18. The van der Waals surface area contributed by atoms with E-state index in [4.69, 9.17) is 4.74 Å². The number of hydrogen-bond acceptors (Lipinski definition) is 4. The van der Waals surface area contributed by atoms with Crippen LogP contribution in [0.1, 0.15) is 46.3 Å². The summed E-state index contributed by atoms with van der Waals surface area (Å²) in [5.74, 6) is 0.447. The van der Waals surface area contributed by atoms with Crippen LogP contribution < -0.4 is 20.3 Å². The highest BCUT2D eigenvalue weighted by Gasteiger charge is 2.23. The van der Waals surface area contributed by atoms with Gasteiger partial charge in [0.15, 0.2) is 0 Å². The number of methoxy groups -OCH3 is 1. The van der Waals surface area contributed by atoms with Crippen LogP contribution in [0, 0.1) is 6.92 Å². The van der Waals surface area contributed by atoms with Crippen molar-refractivity contribution in [2.75, 3.05) is 35.7 Å². The number of amides is 1. The molecule has 0 bridgehead atoms. The summed E-state index contributed by atoms with van der Waals surface area (Å²) < 4.78 is 5.44. The lowest BCUT2D eigenvalue weighted by molar-refractivity contribution is 0.102. The van der Waals surface area contributed by atoms with Crippen molar-refractivity contribution in [1.29, 1.82) is 0 Å². The van der Waals surface area contributed by atoms with Gasteiger partial charge in [-0.3, -0.25) is 4.79 Å². The van der Waals surface area contributed by atoms with E-state index in [9.17, 15) is 4.79 Å². The average Bonchev–Trinajstić information content (AvgIpc) is 3.07. The third kappa shape index (κ3) is 4.15. The monoisotopic (exact) mass is 441 g/mol. The number of fused-ring (bicyclic) bond motifs is 3. The Bertz CT molecular complexity index is 1170. The molecule has 170 valence electrons. The van der Waals surface area contributed by atoms with Gasteiger partial charge in [0.25, 0.3) is 5.91 Å². The number of carbonyl (C=O) groups is 1. The molecule has 0 saturated carbocycles. The molecule has 0 saturated heterocycles. The van der Waals surface area contributed by atoms with Crippen LogP contribution in [0.3, 0.4) is 0 Å². The van der Waals surface area contributed by atoms with Crippen LogP contribution in [0.2, 0.25) is 0 Å². The van der Waals surface area contributed by atoms with E-state index in [1.54, 1.807) is 13.2 Å². The molecule has 0 fully saturated rings. The van der Waals surface area contributed by atoms with Crippen molar-refractivity contribution in [3.63, 3.8) is 0 Å². The summed E-state index contributed by atoms with van der Waals surface area (Å²) in [6.45, 7) is 3.90. The molecule has 2 aliphatic rings. The van der Waals surface area contributed by atoms with Gasteiger partial charge in [0, 0.05) is 24.5 Å². The maximum absolute atomic E-state index is 12.9. The van der Waals surface area contributed by atoms with E-state index in [-0.39, 0.29) is 5.91 Å². The van der Waals surface area contributed by atoms with Crippen LogP contribution in [0.4, 0.5) is 22.7 Å². The van der Waals surface area contributed by atoms with Crippen molar-refractivity contribution in [2.24, 2.45) is 0 Å². The van der Waals surface area contributed by atoms with Gasteiger partial charge >= 0.3 is 0 Å². The van der Waals surface area contributed by atoms with Gasteiger partial charge in [0.05, 0.1) is 24.0 Å². The molecule has 5 heteroatoms. The fourth-order valence-electron chi connectivity index (χ4n) is 5.10. The summed E-state index contributed by atoms with van der Waals surface area (Å²) in [6, 6.07) is 18.3. The number of anilines is 4. The lowest BCUT2D eigenvalue weighted by Gasteiger charge is -2.28. The smallest absolute Gasteiger partial charge is 0.259 e. The summed E-state index contributed by atoms with van der Waals surface area (Å²) in [5.41, 5.74) is 8.96. The van der Waals surface area contributed by atoms with Crippen LogP contribution in [0.25, 0.3) is 0 Å². The Balaban J connectivity index is 1.39. The van der Waals surface area contributed by atoms with E-state index in [2.05, 4.69) is 39.8 Å². The maximum Gasteiger partial charge on any atom is 0.259 e. The number of carbonyl (C=O) groups excluding carboxylic acids is 1. The zero-order chi connectivity index (χ0) is 22.8. The molecule has 1 amide bonds. The summed E-state index contributed by atoms with van der Waals surface area (Å²) in [5, 5.41) is 6.73. The number of para-hydroxylation sites is 1. The molecule has 1 aliphatic carbocycles. The van der Waals surface area contributed by atoms with Gasteiger partial charge in [-0.1, -0.05) is 18.2 Å². The molecule has 0 atom stereocenters. The first-order valence-corrected chi connectivity index (χ1v) is 11.9. The summed E-state index contributed by atoms with van der Waals surface area (Å²) in [7, 11) is 1.60. The summed E-state index contributed by atoms with van der Waals surface area (Å²) >= 11 is 0. The molecule has 33 heavy (non-hydrogen) atoms. The second-order valence-corrected chi connectivity index (χ2v) is 8.89. The van der Waals surface area contributed by atoms with Crippen molar-refractivity contribution in [2.45, 2.75) is 39.0 Å². The predicted octanol–water partition coefficient (Wildman–Crippen LogP) is 6.09. The van der Waals surface area contributed by atoms with E-state index in [0.717, 1.165) is 42.9 Å². The molecule has 5 nitrogen and oxygen atoms in total. The number of benzene rings is 3. The lowest BCUT2D eigenvalue weighted by atomic mass is 9.89. The number of aryl methyl sites for hydroxylation is 2. The van der Waals surface area contributed by atoms with Gasteiger partial charge in [-0.2, -0.15) is 0 Å². The van der Waals surface area contributed by atoms with E-state index in [1.807, 2.05) is 31.2 Å². The van der Waals surface area contributed by atoms with Crippen LogP contribution in [0.5, 0.6) is 5.75 Å². The largest absolute Gasteiger partial charge is 0.496 e. The quantitative estimate of drug-likeness (QED) is 0.515. The first kappa shape index (κ1) is 21.4. The minimum atomic E-state index is -0.167. The number of rotatable bonds is 4. The number of nitrogens with zero attached hydrogens (tertiary/aromatic N) is 1. The Morgan fingerprint density at radius 3 is 2.64 bits per heavy atom. The van der Waals surface area contributed by atoms with Gasteiger partial charge in [0.1, 0.15) is 5.75 Å². The molecule has 1 aliphatic heterocycles. The molecule has 3 aromatic rings. The Morgan fingerprint density at radius 2 is 1.82 bits per heavy atom. The highest BCUT2D eigenvalue weighted by molar-refractivity contribution is 6.06. The molecular formula is C28H31N3O2. The zero-order valence-corrected chi connectivity index (χ0v) is 19.4. The molecule has 0 radical (unpaired) electrons. The molecule has 3 aromatic carbocycles. The average molecular weight is 442 g/mol. The van der Waals surface area contributed by atoms with Crippen molar-refractivity contribution in [3.05, 3.63) is 76.9 Å². The van der Waals surface area contributed by atoms with Crippen LogP contribution >= 0.6 is 0 Å². The highest BCUT2D eigenvalue weighted by Crippen LogP contribution is 2.40. The minimum absolute atomic E-state index is 0.167. The fraction of sp³-hybridized carbons (Fsp3) is 0.321. The third-order valence-electron chi connectivity index (χ3n) is 6.76. The minimum Gasteiger partial charge on any atom is -0.496 e. The van der Waals surface area contributed by atoms with Gasteiger partial charge in [-0.05, 0) is 92.1 Å². The number of hydrogen-bond donors (Lipinski definition) is 2. The van der Waals surface area contributed by atoms with Crippen molar-refractivity contribution >= 4 is 28.7 Å². The standard InChI is InChI=1S/C28H31N3O2/c1-19-7-5-10-24(27(19)33-2)28(32)30-21-12-14-22(15-13-21)31-18-6-17-29-26-23-9-4-3-8-20(23)11-16-25(26)31/h5,7,10-16,29H,3-4,6,8-9,17-18H2,1-2H3,(H,30,32). The normalized spacial score (nSPS) is 15.0. The third-order valence-corrected chi connectivity index (χ3v) is 6.76. The predicted molar refractivity (Wildman–Crippen MR) is 135 cm³/mol. The summed E-state index contributed by atoms with van der Waals surface area (Å²) in [6.07, 6.45) is 5.98. The van der Waals surface area contributed by atoms with Crippen LogP contribution in [-0.4, -0.2) is 26.1 Å². The maximum atomic E-state index is 12.9. The Morgan fingerprint density at radius 1 is 1.00 bits per heavy atom. The van der Waals surface area contributed by atoms with Crippen LogP contribution in [0.15, 0.2) is 54.6 Å². The first-order chi connectivity index (χ1) is 16.2. The molecular weight excluding hydrogens is 410 g/mol. The fourth-order valence-corrected chi connectivity index (χ4v) is 5.10. The van der Waals surface area contributed by atoms with E-state index in [1.165, 1.54) is 41.8 Å². The molecule has 0 aromatic heterocycles. The number of nitrogens with one attached hydrogen (secondary N) is 2. The van der Waals surface area contributed by atoms with E-state index in [0.29, 0.717) is 11.3 Å². The molecule has 5 rings (SSSR count). The number of ether oxygens (including phenoxy) is 1. The van der Waals surface area contributed by atoms with E-state index >= 15 is 0 Å². The molecule has 0 unspecified atom stereocenters. The summed E-state index contributed by atoms with van der Waals surface area (Å²) in [4.78, 5) is 15.3. The molecule has 0 spiro atoms. The topological polar surface area (TPSA) is 53.6 Å². The molecule has 1 heterocycles. The van der Waals surface area contributed by atoms with Gasteiger partial charge in [-0.15, -0.1) is 0 Å². The van der Waals surface area contributed by atoms with Crippen LogP contribution in [-0.2, 0) is 12.8 Å². The van der Waals surface area contributed by atoms with Crippen molar-refractivity contribution in [1.82, 2.24) is 0 Å². The Kier molecular flexibility index (Phi) is 5.95. The van der Waals surface area contributed by atoms with Gasteiger partial charge in [-0.25, -0.2) is 0 Å². The Hall–Kier alpha value is -3.47. The Labute approximate surface area is 195 Å². The van der Waals surface area contributed by atoms with E-state index < -0.39 is 0 Å². The second-order valence-electron chi connectivity index (χ2n) is 8.89. The lowest BCUT2D eigenvalue weighted by Crippen LogP contribution is -2.18. The van der Waals surface area contributed by atoms with Gasteiger partial charge < -0.3 is 20.3 Å².